The largest absolute Gasteiger partial charge is 0.467 e. The smallest absolute Gasteiger partial charge is 0.256 e. The SMILES string of the molecule is O=C(c1cncc(Br)c1)N(Cc1ccco1)C1CC1. The first-order valence-electron chi connectivity index (χ1n) is 6.18. The second-order valence-corrected chi connectivity index (χ2v) is 5.55. The van der Waals surface area contributed by atoms with Crippen LogP contribution in [-0.4, -0.2) is 21.8 Å². The van der Waals surface area contributed by atoms with Crippen molar-refractivity contribution in [3.63, 3.8) is 0 Å². The van der Waals surface area contributed by atoms with Crippen LogP contribution in [0.15, 0.2) is 45.7 Å². The summed E-state index contributed by atoms with van der Waals surface area (Å²) in [6, 6.07) is 5.86. The molecule has 1 saturated carbocycles. The first-order chi connectivity index (χ1) is 9.24. The quantitative estimate of drug-likeness (QED) is 0.868. The predicted octanol–water partition coefficient (Wildman–Crippen LogP) is 3.24. The normalized spacial score (nSPS) is 14.4. The molecular formula is C14H13BrN2O2. The van der Waals surface area contributed by atoms with E-state index in [1.807, 2.05) is 17.0 Å². The summed E-state index contributed by atoms with van der Waals surface area (Å²) in [5, 5.41) is 0. The first-order valence-corrected chi connectivity index (χ1v) is 6.97. The summed E-state index contributed by atoms with van der Waals surface area (Å²) < 4.78 is 6.15. The number of nitrogens with zero attached hydrogens (tertiary/aromatic N) is 2. The van der Waals surface area contributed by atoms with E-state index in [2.05, 4.69) is 20.9 Å². The molecule has 2 heterocycles. The number of carbonyl (C=O) groups is 1. The molecule has 98 valence electrons. The minimum Gasteiger partial charge on any atom is -0.467 e. The van der Waals surface area contributed by atoms with E-state index in [0.717, 1.165) is 23.1 Å². The second kappa shape index (κ2) is 5.17. The first kappa shape index (κ1) is 12.4. The van der Waals surface area contributed by atoms with Crippen LogP contribution in [0.1, 0.15) is 29.0 Å². The molecule has 1 aliphatic rings. The molecule has 4 nitrogen and oxygen atoms in total. The van der Waals surface area contributed by atoms with Gasteiger partial charge in [0.2, 0.25) is 0 Å². The Morgan fingerprint density at radius 2 is 2.32 bits per heavy atom. The van der Waals surface area contributed by atoms with Gasteiger partial charge in [-0.1, -0.05) is 0 Å². The molecule has 0 saturated heterocycles. The van der Waals surface area contributed by atoms with Gasteiger partial charge in [-0.2, -0.15) is 0 Å². The Balaban J connectivity index is 1.82. The van der Waals surface area contributed by atoms with E-state index in [1.165, 1.54) is 0 Å². The maximum absolute atomic E-state index is 12.5. The van der Waals surface area contributed by atoms with Gasteiger partial charge in [0.05, 0.1) is 18.4 Å². The summed E-state index contributed by atoms with van der Waals surface area (Å²) in [4.78, 5) is 18.4. The molecule has 0 bridgehead atoms. The van der Waals surface area contributed by atoms with Crippen LogP contribution < -0.4 is 0 Å². The molecule has 0 aliphatic heterocycles. The number of furan rings is 1. The summed E-state index contributed by atoms with van der Waals surface area (Å²) >= 11 is 3.34. The highest BCUT2D eigenvalue weighted by Gasteiger charge is 2.33. The minimum absolute atomic E-state index is 0.00713. The number of hydrogen-bond acceptors (Lipinski definition) is 3. The number of hydrogen-bond donors (Lipinski definition) is 0. The molecule has 1 fully saturated rings. The van der Waals surface area contributed by atoms with Crippen molar-refractivity contribution in [3.05, 3.63) is 52.7 Å². The lowest BCUT2D eigenvalue weighted by Crippen LogP contribution is -2.32. The van der Waals surface area contributed by atoms with Crippen LogP contribution in [0, 0.1) is 0 Å². The van der Waals surface area contributed by atoms with Gasteiger partial charge in [0, 0.05) is 22.9 Å². The van der Waals surface area contributed by atoms with Crippen LogP contribution in [0.4, 0.5) is 0 Å². The number of rotatable bonds is 4. The fraction of sp³-hybridized carbons (Fsp3) is 0.286. The van der Waals surface area contributed by atoms with E-state index in [4.69, 9.17) is 4.42 Å². The molecule has 0 unspecified atom stereocenters. The van der Waals surface area contributed by atoms with Gasteiger partial charge in [0.25, 0.3) is 5.91 Å². The van der Waals surface area contributed by atoms with Crippen molar-refractivity contribution in [1.82, 2.24) is 9.88 Å². The molecule has 0 aromatic carbocycles. The van der Waals surface area contributed by atoms with E-state index >= 15 is 0 Å². The maximum Gasteiger partial charge on any atom is 0.256 e. The Morgan fingerprint density at radius 3 is 2.95 bits per heavy atom. The van der Waals surface area contributed by atoms with Crippen LogP contribution in [-0.2, 0) is 6.54 Å². The third-order valence-corrected chi connectivity index (χ3v) is 3.54. The van der Waals surface area contributed by atoms with Crippen molar-refractivity contribution in [3.8, 4) is 0 Å². The van der Waals surface area contributed by atoms with E-state index in [1.54, 1.807) is 24.7 Å². The molecule has 19 heavy (non-hydrogen) atoms. The van der Waals surface area contributed by atoms with Crippen molar-refractivity contribution in [2.45, 2.75) is 25.4 Å². The average Bonchev–Trinajstić information content (AvgIpc) is 3.12. The van der Waals surface area contributed by atoms with E-state index < -0.39 is 0 Å². The van der Waals surface area contributed by atoms with Crippen LogP contribution >= 0.6 is 15.9 Å². The van der Waals surface area contributed by atoms with Crippen molar-refractivity contribution < 1.29 is 9.21 Å². The summed E-state index contributed by atoms with van der Waals surface area (Å²) in [7, 11) is 0. The molecule has 0 atom stereocenters. The van der Waals surface area contributed by atoms with Gasteiger partial charge < -0.3 is 9.32 Å². The highest BCUT2D eigenvalue weighted by molar-refractivity contribution is 9.10. The number of amides is 1. The number of halogens is 1. The van der Waals surface area contributed by atoms with Gasteiger partial charge in [-0.25, -0.2) is 0 Å². The predicted molar refractivity (Wildman–Crippen MR) is 73.5 cm³/mol. The van der Waals surface area contributed by atoms with Crippen molar-refractivity contribution in [2.24, 2.45) is 0 Å². The van der Waals surface area contributed by atoms with Gasteiger partial charge in [-0.3, -0.25) is 9.78 Å². The summed E-state index contributed by atoms with van der Waals surface area (Å²) in [5.41, 5.74) is 0.604. The molecule has 0 radical (unpaired) electrons. The molecular weight excluding hydrogens is 308 g/mol. The topological polar surface area (TPSA) is 46.3 Å². The Morgan fingerprint density at radius 1 is 1.47 bits per heavy atom. The van der Waals surface area contributed by atoms with Crippen molar-refractivity contribution in [2.75, 3.05) is 0 Å². The number of aromatic nitrogens is 1. The molecule has 1 aliphatic carbocycles. The third-order valence-electron chi connectivity index (χ3n) is 3.11. The third kappa shape index (κ3) is 2.87. The fourth-order valence-corrected chi connectivity index (χ4v) is 2.38. The average molecular weight is 321 g/mol. The van der Waals surface area contributed by atoms with Crippen molar-refractivity contribution >= 4 is 21.8 Å². The van der Waals surface area contributed by atoms with Crippen LogP contribution in [0.5, 0.6) is 0 Å². The zero-order valence-electron chi connectivity index (χ0n) is 10.3. The van der Waals surface area contributed by atoms with E-state index in [9.17, 15) is 4.79 Å². The zero-order chi connectivity index (χ0) is 13.2. The molecule has 0 spiro atoms. The highest BCUT2D eigenvalue weighted by atomic mass is 79.9. The van der Waals surface area contributed by atoms with Crippen LogP contribution in [0.3, 0.4) is 0 Å². The number of pyridine rings is 1. The van der Waals surface area contributed by atoms with Crippen LogP contribution in [0.25, 0.3) is 0 Å². The Kier molecular flexibility index (Phi) is 3.38. The molecule has 2 aromatic heterocycles. The lowest BCUT2D eigenvalue weighted by Gasteiger charge is -2.21. The van der Waals surface area contributed by atoms with E-state index in [0.29, 0.717) is 18.2 Å². The van der Waals surface area contributed by atoms with Gasteiger partial charge in [0.15, 0.2) is 0 Å². The Labute approximate surface area is 119 Å². The monoisotopic (exact) mass is 320 g/mol. The molecule has 3 rings (SSSR count). The van der Waals surface area contributed by atoms with Gasteiger partial charge in [-0.05, 0) is 47.0 Å². The van der Waals surface area contributed by atoms with Gasteiger partial charge >= 0.3 is 0 Å². The lowest BCUT2D eigenvalue weighted by molar-refractivity contribution is 0.0717. The number of carbonyl (C=O) groups excluding carboxylic acids is 1. The highest BCUT2D eigenvalue weighted by Crippen LogP contribution is 2.30. The summed E-state index contributed by atoms with van der Waals surface area (Å²) in [5.74, 6) is 0.816. The van der Waals surface area contributed by atoms with Crippen molar-refractivity contribution in [1.29, 1.82) is 0 Å². The van der Waals surface area contributed by atoms with Crippen LogP contribution in [0.2, 0.25) is 0 Å². The molecule has 2 aromatic rings. The van der Waals surface area contributed by atoms with Gasteiger partial charge in [-0.15, -0.1) is 0 Å². The zero-order valence-corrected chi connectivity index (χ0v) is 11.8. The summed E-state index contributed by atoms with van der Waals surface area (Å²) in [6.45, 7) is 0.517. The second-order valence-electron chi connectivity index (χ2n) is 4.64. The maximum atomic E-state index is 12.5. The fourth-order valence-electron chi connectivity index (χ4n) is 2.02. The Bertz CT molecular complexity index is 579. The molecule has 0 N–H and O–H groups in total. The minimum atomic E-state index is 0.00713. The van der Waals surface area contributed by atoms with Gasteiger partial charge in [0.1, 0.15) is 5.76 Å². The lowest BCUT2D eigenvalue weighted by atomic mass is 10.2. The van der Waals surface area contributed by atoms with E-state index in [-0.39, 0.29) is 5.91 Å². The summed E-state index contributed by atoms with van der Waals surface area (Å²) in [6.07, 6.45) is 7.03. The molecule has 5 heteroatoms. The Hall–Kier alpha value is -1.62. The molecule has 1 amide bonds. The standard InChI is InChI=1S/C14H13BrN2O2/c15-11-6-10(7-16-8-11)14(18)17(12-3-4-12)9-13-2-1-5-19-13/h1-2,5-8,12H,3-4,9H2.